The van der Waals surface area contributed by atoms with Crippen molar-refractivity contribution in [1.29, 1.82) is 0 Å². The van der Waals surface area contributed by atoms with Crippen LogP contribution in [0.3, 0.4) is 0 Å². The number of rotatable bonds is 8. The van der Waals surface area contributed by atoms with Crippen LogP contribution in [0.15, 0.2) is 72.9 Å². The Labute approximate surface area is 158 Å². The van der Waals surface area contributed by atoms with Gasteiger partial charge in [0.25, 0.3) is 5.91 Å². The second kappa shape index (κ2) is 9.24. The highest BCUT2D eigenvalue weighted by atomic mass is 16.5. The van der Waals surface area contributed by atoms with E-state index in [1.807, 2.05) is 60.7 Å². The van der Waals surface area contributed by atoms with Crippen LogP contribution >= 0.6 is 0 Å². The molecule has 0 fully saturated rings. The third kappa shape index (κ3) is 5.47. The molecule has 0 spiro atoms. The fourth-order valence-electron chi connectivity index (χ4n) is 2.42. The molecule has 0 saturated heterocycles. The molecule has 0 aliphatic rings. The molecule has 1 aromatic heterocycles. The van der Waals surface area contributed by atoms with Crippen molar-refractivity contribution in [3.05, 3.63) is 78.6 Å². The Morgan fingerprint density at radius 2 is 1.70 bits per heavy atom. The van der Waals surface area contributed by atoms with E-state index in [0.29, 0.717) is 18.8 Å². The van der Waals surface area contributed by atoms with Crippen molar-refractivity contribution in [2.45, 2.75) is 0 Å². The summed E-state index contributed by atoms with van der Waals surface area (Å²) in [5, 5.41) is 6.05. The molecule has 0 saturated carbocycles. The van der Waals surface area contributed by atoms with E-state index in [2.05, 4.69) is 15.6 Å². The average Bonchev–Trinajstić information content (AvgIpc) is 2.72. The molecular weight excluding hydrogens is 342 g/mol. The SMILES string of the molecule is COc1ccc(OCCNC(=O)c2cc(Nc3ccccc3)ccn2)cc1. The number of amides is 1. The van der Waals surface area contributed by atoms with Gasteiger partial charge >= 0.3 is 0 Å². The van der Waals surface area contributed by atoms with Gasteiger partial charge in [0.15, 0.2) is 0 Å². The molecule has 0 bridgehead atoms. The number of hydrogen-bond donors (Lipinski definition) is 2. The molecule has 3 rings (SSSR count). The number of carbonyl (C=O) groups excluding carboxylic acids is 1. The standard InChI is InChI=1S/C21H21N3O3/c1-26-18-7-9-19(10-8-18)27-14-13-23-21(25)20-15-17(11-12-22-20)24-16-5-3-2-4-6-16/h2-12,15H,13-14H2,1H3,(H,22,24)(H,23,25). The van der Waals surface area contributed by atoms with E-state index in [9.17, 15) is 4.79 Å². The van der Waals surface area contributed by atoms with Crippen LogP contribution < -0.4 is 20.1 Å². The van der Waals surface area contributed by atoms with Gasteiger partial charge in [0.1, 0.15) is 23.8 Å². The lowest BCUT2D eigenvalue weighted by Gasteiger charge is -2.09. The molecule has 0 aliphatic carbocycles. The molecule has 0 unspecified atom stereocenters. The first kappa shape index (κ1) is 18.3. The Bertz CT molecular complexity index is 867. The van der Waals surface area contributed by atoms with Crippen LogP contribution in [0.2, 0.25) is 0 Å². The fraction of sp³-hybridized carbons (Fsp3) is 0.143. The quantitative estimate of drug-likeness (QED) is 0.598. The van der Waals surface area contributed by atoms with Crippen LogP contribution in [0.4, 0.5) is 11.4 Å². The Morgan fingerprint density at radius 3 is 2.44 bits per heavy atom. The molecule has 0 radical (unpaired) electrons. The van der Waals surface area contributed by atoms with Crippen LogP contribution in [-0.4, -0.2) is 31.2 Å². The zero-order chi connectivity index (χ0) is 18.9. The summed E-state index contributed by atoms with van der Waals surface area (Å²) < 4.78 is 10.7. The van der Waals surface area contributed by atoms with Gasteiger partial charge in [-0.1, -0.05) is 18.2 Å². The lowest BCUT2D eigenvalue weighted by atomic mass is 10.2. The lowest BCUT2D eigenvalue weighted by Crippen LogP contribution is -2.28. The summed E-state index contributed by atoms with van der Waals surface area (Å²) in [6.45, 7) is 0.739. The van der Waals surface area contributed by atoms with E-state index in [4.69, 9.17) is 9.47 Å². The highest BCUT2D eigenvalue weighted by Crippen LogP contribution is 2.17. The van der Waals surface area contributed by atoms with Crippen molar-refractivity contribution in [2.75, 3.05) is 25.6 Å². The molecule has 27 heavy (non-hydrogen) atoms. The van der Waals surface area contributed by atoms with Crippen molar-refractivity contribution < 1.29 is 14.3 Å². The molecular formula is C21H21N3O3. The molecule has 1 amide bonds. The number of aromatic nitrogens is 1. The smallest absolute Gasteiger partial charge is 0.270 e. The second-order valence-electron chi connectivity index (χ2n) is 5.70. The normalized spacial score (nSPS) is 10.1. The summed E-state index contributed by atoms with van der Waals surface area (Å²) in [6.07, 6.45) is 1.61. The summed E-state index contributed by atoms with van der Waals surface area (Å²) in [5.41, 5.74) is 2.10. The van der Waals surface area contributed by atoms with E-state index in [1.165, 1.54) is 0 Å². The largest absolute Gasteiger partial charge is 0.497 e. The number of methoxy groups -OCH3 is 1. The van der Waals surface area contributed by atoms with Gasteiger partial charge in [-0.2, -0.15) is 0 Å². The molecule has 6 nitrogen and oxygen atoms in total. The maximum Gasteiger partial charge on any atom is 0.270 e. The number of para-hydroxylation sites is 1. The minimum Gasteiger partial charge on any atom is -0.497 e. The minimum atomic E-state index is -0.245. The van der Waals surface area contributed by atoms with Crippen LogP contribution in [0.5, 0.6) is 11.5 Å². The van der Waals surface area contributed by atoms with Crippen molar-refractivity contribution in [3.8, 4) is 11.5 Å². The molecule has 138 valence electrons. The minimum absolute atomic E-state index is 0.245. The van der Waals surface area contributed by atoms with E-state index >= 15 is 0 Å². The maximum atomic E-state index is 12.3. The van der Waals surface area contributed by atoms with Crippen LogP contribution in [-0.2, 0) is 0 Å². The molecule has 0 atom stereocenters. The highest BCUT2D eigenvalue weighted by molar-refractivity contribution is 5.93. The monoisotopic (exact) mass is 363 g/mol. The van der Waals surface area contributed by atoms with Gasteiger partial charge in [0.05, 0.1) is 13.7 Å². The molecule has 1 heterocycles. The van der Waals surface area contributed by atoms with E-state index in [-0.39, 0.29) is 5.91 Å². The summed E-state index contributed by atoms with van der Waals surface area (Å²) in [4.78, 5) is 16.4. The first-order valence-electron chi connectivity index (χ1n) is 8.58. The van der Waals surface area contributed by atoms with Crippen LogP contribution in [0.25, 0.3) is 0 Å². The third-order valence-electron chi connectivity index (χ3n) is 3.77. The third-order valence-corrected chi connectivity index (χ3v) is 3.77. The number of anilines is 2. The fourth-order valence-corrected chi connectivity index (χ4v) is 2.42. The van der Waals surface area contributed by atoms with Crippen molar-refractivity contribution in [3.63, 3.8) is 0 Å². The molecule has 2 aromatic carbocycles. The van der Waals surface area contributed by atoms with Crippen molar-refractivity contribution in [2.24, 2.45) is 0 Å². The predicted molar refractivity (Wildman–Crippen MR) is 105 cm³/mol. The van der Waals surface area contributed by atoms with Gasteiger partial charge in [-0.25, -0.2) is 0 Å². The lowest BCUT2D eigenvalue weighted by molar-refractivity contribution is 0.0942. The number of nitrogens with zero attached hydrogens (tertiary/aromatic N) is 1. The Hall–Kier alpha value is -3.54. The van der Waals surface area contributed by atoms with Crippen molar-refractivity contribution >= 4 is 17.3 Å². The number of hydrogen-bond acceptors (Lipinski definition) is 5. The number of pyridine rings is 1. The Kier molecular flexibility index (Phi) is 6.25. The molecule has 3 aromatic rings. The van der Waals surface area contributed by atoms with E-state index in [1.54, 1.807) is 19.4 Å². The maximum absolute atomic E-state index is 12.3. The summed E-state index contributed by atoms with van der Waals surface area (Å²) in [6, 6.07) is 20.6. The van der Waals surface area contributed by atoms with E-state index in [0.717, 1.165) is 22.9 Å². The van der Waals surface area contributed by atoms with Crippen molar-refractivity contribution in [1.82, 2.24) is 10.3 Å². The Morgan fingerprint density at radius 1 is 0.963 bits per heavy atom. The molecule has 2 N–H and O–H groups in total. The van der Waals surface area contributed by atoms with Gasteiger partial charge in [-0.15, -0.1) is 0 Å². The zero-order valence-corrected chi connectivity index (χ0v) is 15.0. The predicted octanol–water partition coefficient (Wildman–Crippen LogP) is 3.64. The highest BCUT2D eigenvalue weighted by Gasteiger charge is 2.07. The number of nitrogens with one attached hydrogen (secondary N) is 2. The number of carbonyl (C=O) groups is 1. The van der Waals surface area contributed by atoms with Crippen LogP contribution in [0.1, 0.15) is 10.5 Å². The summed E-state index contributed by atoms with van der Waals surface area (Å²) >= 11 is 0. The van der Waals surface area contributed by atoms with Gasteiger partial charge in [-0.05, 0) is 48.5 Å². The van der Waals surface area contributed by atoms with Gasteiger partial charge in [-0.3, -0.25) is 9.78 Å². The molecule has 6 heteroatoms. The van der Waals surface area contributed by atoms with Crippen LogP contribution in [0, 0.1) is 0 Å². The summed E-state index contributed by atoms with van der Waals surface area (Å²) in [7, 11) is 1.61. The molecule has 0 aliphatic heterocycles. The second-order valence-corrected chi connectivity index (χ2v) is 5.70. The first-order valence-corrected chi connectivity index (χ1v) is 8.58. The van der Waals surface area contributed by atoms with Gasteiger partial charge in [0.2, 0.25) is 0 Å². The first-order chi connectivity index (χ1) is 13.2. The van der Waals surface area contributed by atoms with E-state index < -0.39 is 0 Å². The Balaban J connectivity index is 1.48. The average molecular weight is 363 g/mol. The topological polar surface area (TPSA) is 72.5 Å². The number of ether oxygens (including phenoxy) is 2. The van der Waals surface area contributed by atoms with Gasteiger partial charge < -0.3 is 20.1 Å². The summed E-state index contributed by atoms with van der Waals surface area (Å²) in [5.74, 6) is 1.24. The number of benzene rings is 2. The zero-order valence-electron chi connectivity index (χ0n) is 15.0. The van der Waals surface area contributed by atoms with Gasteiger partial charge in [0, 0.05) is 17.6 Å².